The van der Waals surface area contributed by atoms with Gasteiger partial charge in [-0.2, -0.15) is 0 Å². The van der Waals surface area contributed by atoms with Crippen molar-refractivity contribution in [3.63, 3.8) is 0 Å². The first kappa shape index (κ1) is 10.5. The molecule has 1 aromatic rings. The molecule has 1 fully saturated rings. The Bertz CT molecular complexity index is 358. The summed E-state index contributed by atoms with van der Waals surface area (Å²) in [5, 5.41) is 0.594. The second-order valence-corrected chi connectivity index (χ2v) is 4.18. The van der Waals surface area contributed by atoms with E-state index in [2.05, 4.69) is 0 Å². The van der Waals surface area contributed by atoms with Crippen LogP contribution in [0.5, 0.6) is 5.75 Å². The normalized spacial score (nSPS) is 15.0. The van der Waals surface area contributed by atoms with E-state index in [0.717, 1.165) is 12.8 Å². The zero-order valence-electron chi connectivity index (χ0n) is 8.41. The van der Waals surface area contributed by atoms with Gasteiger partial charge in [-0.25, -0.2) is 0 Å². The van der Waals surface area contributed by atoms with Gasteiger partial charge in [0.1, 0.15) is 11.5 Å². The number of benzene rings is 1. The average molecular weight is 225 g/mol. The first-order valence-corrected chi connectivity index (χ1v) is 5.55. The van der Waals surface area contributed by atoms with E-state index in [1.165, 1.54) is 0 Å². The Morgan fingerprint density at radius 3 is 2.80 bits per heavy atom. The Kier molecular flexibility index (Phi) is 3.27. The lowest BCUT2D eigenvalue weighted by molar-refractivity contribution is -0.120. The monoisotopic (exact) mass is 224 g/mol. The molecule has 1 aliphatic rings. The highest BCUT2D eigenvalue weighted by Crippen LogP contribution is 2.31. The van der Waals surface area contributed by atoms with Crippen molar-refractivity contribution >= 4 is 17.4 Å². The van der Waals surface area contributed by atoms with Gasteiger partial charge in [0.25, 0.3) is 0 Å². The Morgan fingerprint density at radius 1 is 1.40 bits per heavy atom. The number of hydrogen-bond acceptors (Lipinski definition) is 2. The molecular formula is C12H13ClO2. The number of para-hydroxylation sites is 1. The molecule has 0 atom stereocenters. The predicted molar refractivity (Wildman–Crippen MR) is 59.3 cm³/mol. The van der Waals surface area contributed by atoms with E-state index < -0.39 is 0 Å². The fraction of sp³-hybridized carbons (Fsp3) is 0.417. The molecule has 0 aromatic heterocycles. The fourth-order valence-electron chi connectivity index (χ4n) is 1.43. The van der Waals surface area contributed by atoms with Crippen LogP contribution < -0.4 is 4.74 Å². The molecular weight excluding hydrogens is 212 g/mol. The molecule has 1 saturated carbocycles. The molecule has 0 aliphatic heterocycles. The topological polar surface area (TPSA) is 26.3 Å². The zero-order valence-corrected chi connectivity index (χ0v) is 9.17. The van der Waals surface area contributed by atoms with Crippen LogP contribution in [-0.2, 0) is 4.79 Å². The molecule has 0 heterocycles. The molecule has 0 radical (unpaired) electrons. The molecule has 2 nitrogen and oxygen atoms in total. The summed E-state index contributed by atoms with van der Waals surface area (Å²) in [5.41, 5.74) is 0. The Hall–Kier alpha value is -1.02. The van der Waals surface area contributed by atoms with Gasteiger partial charge in [-0.1, -0.05) is 23.7 Å². The summed E-state index contributed by atoms with van der Waals surface area (Å²) in [6.45, 7) is 0.430. The number of halogens is 1. The lowest BCUT2D eigenvalue weighted by Crippen LogP contribution is -2.07. The van der Waals surface area contributed by atoms with Crippen molar-refractivity contribution in [2.24, 2.45) is 5.92 Å². The van der Waals surface area contributed by atoms with Gasteiger partial charge in [-0.3, -0.25) is 4.79 Å². The molecule has 0 unspecified atom stereocenters. The predicted octanol–water partition coefficient (Wildman–Crippen LogP) is 3.09. The number of rotatable bonds is 5. The summed E-state index contributed by atoms with van der Waals surface area (Å²) < 4.78 is 5.43. The van der Waals surface area contributed by atoms with Gasteiger partial charge >= 0.3 is 0 Å². The van der Waals surface area contributed by atoms with Crippen LogP contribution in [0.4, 0.5) is 0 Å². The van der Waals surface area contributed by atoms with Crippen molar-refractivity contribution in [2.45, 2.75) is 19.3 Å². The van der Waals surface area contributed by atoms with Gasteiger partial charge in [0.15, 0.2) is 0 Å². The number of carbonyl (C=O) groups is 1. The van der Waals surface area contributed by atoms with Crippen LogP contribution in [0.2, 0.25) is 5.02 Å². The van der Waals surface area contributed by atoms with Gasteiger partial charge in [0, 0.05) is 12.3 Å². The van der Waals surface area contributed by atoms with Crippen molar-refractivity contribution < 1.29 is 9.53 Å². The molecule has 0 N–H and O–H groups in total. The van der Waals surface area contributed by atoms with E-state index in [1.54, 1.807) is 6.07 Å². The summed E-state index contributed by atoms with van der Waals surface area (Å²) in [7, 11) is 0. The number of ketones is 1. The minimum atomic E-state index is 0.319. The summed E-state index contributed by atoms with van der Waals surface area (Å²) in [6.07, 6.45) is 2.62. The lowest BCUT2D eigenvalue weighted by atomic mass is 10.2. The molecule has 2 rings (SSSR count). The highest BCUT2D eigenvalue weighted by molar-refractivity contribution is 6.32. The minimum absolute atomic E-state index is 0.319. The molecule has 1 aromatic carbocycles. The maximum absolute atomic E-state index is 11.4. The van der Waals surface area contributed by atoms with Crippen LogP contribution in [0.25, 0.3) is 0 Å². The Labute approximate surface area is 94.2 Å². The van der Waals surface area contributed by atoms with E-state index in [0.29, 0.717) is 35.5 Å². The van der Waals surface area contributed by atoms with E-state index in [9.17, 15) is 4.79 Å². The largest absolute Gasteiger partial charge is 0.492 e. The third kappa shape index (κ3) is 2.96. The number of carbonyl (C=O) groups excluding carboxylic acids is 1. The highest BCUT2D eigenvalue weighted by Gasteiger charge is 2.28. The smallest absolute Gasteiger partial charge is 0.139 e. The van der Waals surface area contributed by atoms with E-state index >= 15 is 0 Å². The summed E-state index contributed by atoms with van der Waals surface area (Å²) in [6, 6.07) is 7.30. The van der Waals surface area contributed by atoms with E-state index in [1.807, 2.05) is 18.2 Å². The van der Waals surface area contributed by atoms with Gasteiger partial charge < -0.3 is 4.74 Å². The van der Waals surface area contributed by atoms with Crippen LogP contribution >= 0.6 is 11.6 Å². The van der Waals surface area contributed by atoms with Gasteiger partial charge in [0.05, 0.1) is 11.6 Å². The second-order valence-electron chi connectivity index (χ2n) is 3.77. The van der Waals surface area contributed by atoms with Crippen LogP contribution in [0.15, 0.2) is 24.3 Å². The van der Waals surface area contributed by atoms with Crippen molar-refractivity contribution in [3.8, 4) is 5.75 Å². The maximum atomic E-state index is 11.4. The van der Waals surface area contributed by atoms with Crippen molar-refractivity contribution in [1.29, 1.82) is 0 Å². The summed E-state index contributed by atoms with van der Waals surface area (Å²) in [4.78, 5) is 11.4. The van der Waals surface area contributed by atoms with Crippen LogP contribution in [0.3, 0.4) is 0 Å². The Balaban J connectivity index is 1.78. The van der Waals surface area contributed by atoms with Gasteiger partial charge in [0.2, 0.25) is 0 Å². The first-order valence-electron chi connectivity index (χ1n) is 5.17. The molecule has 0 amide bonds. The Morgan fingerprint density at radius 2 is 2.13 bits per heavy atom. The van der Waals surface area contributed by atoms with Crippen molar-refractivity contribution in [3.05, 3.63) is 29.3 Å². The van der Waals surface area contributed by atoms with E-state index in [-0.39, 0.29) is 0 Å². The molecule has 0 spiro atoms. The van der Waals surface area contributed by atoms with E-state index in [4.69, 9.17) is 16.3 Å². The average Bonchev–Trinajstić information content (AvgIpc) is 3.04. The molecule has 0 bridgehead atoms. The van der Waals surface area contributed by atoms with Crippen LogP contribution in [0, 0.1) is 5.92 Å². The molecule has 1 aliphatic carbocycles. The first-order chi connectivity index (χ1) is 7.27. The minimum Gasteiger partial charge on any atom is -0.492 e. The molecule has 3 heteroatoms. The number of ether oxygens (including phenoxy) is 1. The van der Waals surface area contributed by atoms with Crippen molar-refractivity contribution in [2.75, 3.05) is 6.61 Å². The van der Waals surface area contributed by atoms with Gasteiger partial charge in [-0.15, -0.1) is 0 Å². The third-order valence-corrected chi connectivity index (χ3v) is 2.79. The number of Topliss-reactive ketones (excluding diaryl/α,β-unsaturated/α-hetero) is 1. The number of hydrogen-bond donors (Lipinski definition) is 0. The van der Waals surface area contributed by atoms with Crippen LogP contribution in [0.1, 0.15) is 19.3 Å². The quantitative estimate of drug-likeness (QED) is 0.768. The zero-order chi connectivity index (χ0) is 10.7. The summed E-state index contributed by atoms with van der Waals surface area (Å²) in [5.74, 6) is 1.30. The third-order valence-electron chi connectivity index (χ3n) is 2.48. The van der Waals surface area contributed by atoms with Gasteiger partial charge in [-0.05, 0) is 25.0 Å². The molecule has 80 valence electrons. The second kappa shape index (κ2) is 4.67. The lowest BCUT2D eigenvalue weighted by Gasteiger charge is -2.06. The SMILES string of the molecule is O=C(CCOc1ccccc1Cl)C1CC1. The molecule has 15 heavy (non-hydrogen) atoms. The highest BCUT2D eigenvalue weighted by atomic mass is 35.5. The fourth-order valence-corrected chi connectivity index (χ4v) is 1.62. The van der Waals surface area contributed by atoms with Crippen LogP contribution in [-0.4, -0.2) is 12.4 Å². The standard InChI is InChI=1S/C12H13ClO2/c13-10-3-1-2-4-12(10)15-8-7-11(14)9-5-6-9/h1-4,9H,5-8H2. The molecule has 0 saturated heterocycles. The van der Waals surface area contributed by atoms with Crippen molar-refractivity contribution in [1.82, 2.24) is 0 Å². The maximum Gasteiger partial charge on any atom is 0.139 e. The summed E-state index contributed by atoms with van der Waals surface area (Å²) >= 11 is 5.90.